The lowest BCUT2D eigenvalue weighted by atomic mass is 10.1. The van der Waals surface area contributed by atoms with Crippen LogP contribution in [0.1, 0.15) is 26.2 Å². The molecule has 2 heterocycles. The molecule has 0 aromatic rings. The third-order valence-electron chi connectivity index (χ3n) is 2.91. The SMILES string of the molecule is CC[C@H]1CC[C@@H]2COCC(=O)N21. The van der Waals surface area contributed by atoms with E-state index in [0.29, 0.717) is 18.7 Å². The number of hydrogen-bond donors (Lipinski definition) is 0. The molecule has 2 aliphatic rings. The van der Waals surface area contributed by atoms with Crippen molar-refractivity contribution in [1.29, 1.82) is 0 Å². The van der Waals surface area contributed by atoms with Crippen molar-refractivity contribution in [2.24, 2.45) is 0 Å². The highest BCUT2D eigenvalue weighted by Gasteiger charge is 2.38. The highest BCUT2D eigenvalue weighted by atomic mass is 16.5. The Labute approximate surface area is 72.7 Å². The Morgan fingerprint density at radius 3 is 3.17 bits per heavy atom. The highest BCUT2D eigenvalue weighted by molar-refractivity contribution is 5.79. The van der Waals surface area contributed by atoms with E-state index in [9.17, 15) is 4.79 Å². The van der Waals surface area contributed by atoms with Crippen molar-refractivity contribution in [2.45, 2.75) is 38.3 Å². The van der Waals surface area contributed by atoms with Gasteiger partial charge in [0.1, 0.15) is 6.61 Å². The van der Waals surface area contributed by atoms with E-state index in [4.69, 9.17) is 4.74 Å². The van der Waals surface area contributed by atoms with E-state index < -0.39 is 0 Å². The first-order chi connectivity index (χ1) is 5.83. The van der Waals surface area contributed by atoms with Gasteiger partial charge in [-0.05, 0) is 19.3 Å². The second-order valence-electron chi connectivity index (χ2n) is 3.61. The fourth-order valence-corrected chi connectivity index (χ4v) is 2.29. The maximum absolute atomic E-state index is 11.4. The number of fused-ring (bicyclic) bond motifs is 1. The molecule has 2 fully saturated rings. The lowest BCUT2D eigenvalue weighted by Crippen LogP contribution is -2.48. The van der Waals surface area contributed by atoms with Gasteiger partial charge in [-0.1, -0.05) is 6.92 Å². The molecule has 0 radical (unpaired) electrons. The van der Waals surface area contributed by atoms with Gasteiger partial charge in [0.2, 0.25) is 5.91 Å². The minimum Gasteiger partial charge on any atom is -0.369 e. The number of carbonyl (C=O) groups excluding carboxylic acids is 1. The molecule has 0 aromatic heterocycles. The highest BCUT2D eigenvalue weighted by Crippen LogP contribution is 2.28. The minimum absolute atomic E-state index is 0.190. The maximum atomic E-state index is 11.4. The molecule has 0 aromatic carbocycles. The number of hydrogen-bond acceptors (Lipinski definition) is 2. The first-order valence-corrected chi connectivity index (χ1v) is 4.72. The van der Waals surface area contributed by atoms with Gasteiger partial charge in [-0.2, -0.15) is 0 Å². The van der Waals surface area contributed by atoms with Crippen LogP contribution in [0.5, 0.6) is 0 Å². The average molecular weight is 169 g/mol. The van der Waals surface area contributed by atoms with Crippen molar-refractivity contribution in [3.05, 3.63) is 0 Å². The summed E-state index contributed by atoms with van der Waals surface area (Å²) in [5.74, 6) is 0.190. The monoisotopic (exact) mass is 169 g/mol. The van der Waals surface area contributed by atoms with Gasteiger partial charge in [0.25, 0.3) is 0 Å². The zero-order valence-electron chi connectivity index (χ0n) is 7.45. The number of carbonyl (C=O) groups is 1. The average Bonchev–Trinajstić information content (AvgIpc) is 2.49. The topological polar surface area (TPSA) is 29.5 Å². The fourth-order valence-electron chi connectivity index (χ4n) is 2.29. The normalized spacial score (nSPS) is 35.4. The van der Waals surface area contributed by atoms with Crippen LogP contribution >= 0.6 is 0 Å². The zero-order chi connectivity index (χ0) is 8.55. The largest absolute Gasteiger partial charge is 0.369 e. The summed E-state index contributed by atoms with van der Waals surface area (Å²) >= 11 is 0. The van der Waals surface area contributed by atoms with Gasteiger partial charge in [-0.25, -0.2) is 0 Å². The van der Waals surface area contributed by atoms with Crippen LogP contribution in [0, 0.1) is 0 Å². The standard InChI is InChI=1S/C9H15NO2/c1-2-7-3-4-8-5-12-6-9(11)10(7)8/h7-8H,2-6H2,1H3/t7-,8+/m0/s1. The maximum Gasteiger partial charge on any atom is 0.249 e. The first kappa shape index (κ1) is 8.05. The summed E-state index contributed by atoms with van der Waals surface area (Å²) in [5.41, 5.74) is 0. The van der Waals surface area contributed by atoms with Crippen LogP contribution in [-0.4, -0.2) is 36.1 Å². The predicted octanol–water partition coefficient (Wildman–Crippen LogP) is 0.786. The molecule has 12 heavy (non-hydrogen) atoms. The molecule has 68 valence electrons. The Hall–Kier alpha value is -0.570. The molecular weight excluding hydrogens is 154 g/mol. The Morgan fingerprint density at radius 2 is 2.42 bits per heavy atom. The second-order valence-corrected chi connectivity index (χ2v) is 3.61. The van der Waals surface area contributed by atoms with Crippen LogP contribution in [0.4, 0.5) is 0 Å². The van der Waals surface area contributed by atoms with Crippen molar-refractivity contribution in [2.75, 3.05) is 13.2 Å². The first-order valence-electron chi connectivity index (χ1n) is 4.72. The van der Waals surface area contributed by atoms with E-state index in [1.54, 1.807) is 0 Å². The van der Waals surface area contributed by atoms with Gasteiger partial charge in [0.15, 0.2) is 0 Å². The lowest BCUT2D eigenvalue weighted by Gasteiger charge is -2.33. The third-order valence-corrected chi connectivity index (χ3v) is 2.91. The van der Waals surface area contributed by atoms with E-state index in [1.165, 1.54) is 0 Å². The summed E-state index contributed by atoms with van der Waals surface area (Å²) in [5, 5.41) is 0. The van der Waals surface area contributed by atoms with Crippen molar-refractivity contribution >= 4 is 5.91 Å². The van der Waals surface area contributed by atoms with E-state index in [-0.39, 0.29) is 5.91 Å². The molecule has 3 heteroatoms. The summed E-state index contributed by atoms with van der Waals surface area (Å²) in [6.45, 7) is 3.20. The van der Waals surface area contributed by atoms with Crippen LogP contribution in [0.2, 0.25) is 0 Å². The number of nitrogens with zero attached hydrogens (tertiary/aromatic N) is 1. The third kappa shape index (κ3) is 1.12. The van der Waals surface area contributed by atoms with Crippen molar-refractivity contribution in [3.8, 4) is 0 Å². The molecule has 0 bridgehead atoms. The Morgan fingerprint density at radius 1 is 1.58 bits per heavy atom. The van der Waals surface area contributed by atoms with E-state index in [0.717, 1.165) is 25.9 Å². The Kier molecular flexibility index (Phi) is 2.05. The molecule has 2 aliphatic heterocycles. The molecule has 0 spiro atoms. The molecule has 3 nitrogen and oxygen atoms in total. The summed E-state index contributed by atoms with van der Waals surface area (Å²) in [6, 6.07) is 0.877. The zero-order valence-corrected chi connectivity index (χ0v) is 7.45. The van der Waals surface area contributed by atoms with Crippen LogP contribution < -0.4 is 0 Å². The Balaban J connectivity index is 2.11. The molecular formula is C9H15NO2. The summed E-state index contributed by atoms with van der Waals surface area (Å²) in [6.07, 6.45) is 3.38. The molecule has 2 rings (SSSR count). The van der Waals surface area contributed by atoms with Gasteiger partial charge in [-0.3, -0.25) is 4.79 Å². The van der Waals surface area contributed by atoms with Crippen LogP contribution in [0.3, 0.4) is 0 Å². The molecule has 0 saturated carbocycles. The number of rotatable bonds is 1. The smallest absolute Gasteiger partial charge is 0.249 e. The molecule has 0 aliphatic carbocycles. The number of amides is 1. The van der Waals surface area contributed by atoms with Gasteiger partial charge >= 0.3 is 0 Å². The van der Waals surface area contributed by atoms with Gasteiger partial charge in [0.05, 0.1) is 12.6 Å². The quantitative estimate of drug-likeness (QED) is 0.580. The molecule has 2 saturated heterocycles. The minimum atomic E-state index is 0.190. The van der Waals surface area contributed by atoms with Crippen molar-refractivity contribution in [1.82, 2.24) is 4.90 Å². The lowest BCUT2D eigenvalue weighted by molar-refractivity contribution is -0.148. The molecule has 2 atom stereocenters. The summed E-state index contributed by atoms with van der Waals surface area (Å²) < 4.78 is 5.20. The van der Waals surface area contributed by atoms with Gasteiger partial charge < -0.3 is 9.64 Å². The number of ether oxygens (including phenoxy) is 1. The van der Waals surface area contributed by atoms with Crippen LogP contribution in [0.15, 0.2) is 0 Å². The van der Waals surface area contributed by atoms with Gasteiger partial charge in [-0.15, -0.1) is 0 Å². The van der Waals surface area contributed by atoms with E-state index in [2.05, 4.69) is 6.92 Å². The Bertz CT molecular complexity index is 187. The van der Waals surface area contributed by atoms with Crippen LogP contribution in [0.25, 0.3) is 0 Å². The molecule has 1 amide bonds. The predicted molar refractivity (Wildman–Crippen MR) is 44.8 cm³/mol. The second kappa shape index (κ2) is 3.05. The van der Waals surface area contributed by atoms with E-state index in [1.807, 2.05) is 4.90 Å². The van der Waals surface area contributed by atoms with Crippen molar-refractivity contribution < 1.29 is 9.53 Å². The van der Waals surface area contributed by atoms with Gasteiger partial charge in [0, 0.05) is 6.04 Å². The number of morpholine rings is 1. The fraction of sp³-hybridized carbons (Fsp3) is 0.889. The van der Waals surface area contributed by atoms with Crippen molar-refractivity contribution in [3.63, 3.8) is 0 Å². The summed E-state index contributed by atoms with van der Waals surface area (Å²) in [4.78, 5) is 13.5. The van der Waals surface area contributed by atoms with E-state index >= 15 is 0 Å². The summed E-state index contributed by atoms with van der Waals surface area (Å²) in [7, 11) is 0. The molecule has 0 unspecified atom stereocenters. The van der Waals surface area contributed by atoms with Crippen LogP contribution in [-0.2, 0) is 9.53 Å². The molecule has 0 N–H and O–H groups in total.